The predicted octanol–water partition coefficient (Wildman–Crippen LogP) is 3.04. The number of rotatable bonds is 5. The number of ether oxygens (including phenoxy) is 2. The summed E-state index contributed by atoms with van der Waals surface area (Å²) in [5.41, 5.74) is 1.34. The summed E-state index contributed by atoms with van der Waals surface area (Å²) in [6.07, 6.45) is 4.43. The zero-order chi connectivity index (χ0) is 17.1. The van der Waals surface area contributed by atoms with Crippen LogP contribution in [-0.2, 0) is 9.47 Å². The molecule has 0 unspecified atom stereocenters. The molecule has 4 rings (SSSR count). The number of para-hydroxylation sites is 1. The van der Waals surface area contributed by atoms with Crippen LogP contribution in [0.1, 0.15) is 36.2 Å². The Morgan fingerprint density at radius 2 is 1.68 bits per heavy atom. The highest BCUT2D eigenvalue weighted by molar-refractivity contribution is 5.95. The molecule has 1 aromatic carbocycles. The third-order valence-corrected chi connectivity index (χ3v) is 5.00. The summed E-state index contributed by atoms with van der Waals surface area (Å²) < 4.78 is 11.5. The minimum atomic E-state index is -0.0308. The van der Waals surface area contributed by atoms with Crippen molar-refractivity contribution >= 4 is 16.8 Å². The first-order valence-corrected chi connectivity index (χ1v) is 9.18. The smallest absolute Gasteiger partial charge is 0.272 e. The van der Waals surface area contributed by atoms with E-state index in [1.54, 1.807) is 0 Å². The number of aromatic nitrogens is 1. The summed E-state index contributed by atoms with van der Waals surface area (Å²) in [6.45, 7) is 2.82. The third kappa shape index (κ3) is 3.83. The van der Waals surface area contributed by atoms with Crippen LogP contribution in [0, 0.1) is 0 Å². The van der Waals surface area contributed by atoms with E-state index in [1.807, 2.05) is 41.3 Å². The second-order valence-corrected chi connectivity index (χ2v) is 6.87. The number of pyridine rings is 1. The Morgan fingerprint density at radius 3 is 2.32 bits per heavy atom. The van der Waals surface area contributed by atoms with Crippen LogP contribution in [0.2, 0.25) is 0 Å². The Labute approximate surface area is 147 Å². The van der Waals surface area contributed by atoms with Crippen molar-refractivity contribution in [3.05, 3.63) is 42.1 Å². The SMILES string of the molecule is O=C(c1ccc2ccccc2n1)N(C[C@@H]1CCCO1)C[C@@H]1CCCO1. The van der Waals surface area contributed by atoms with Crippen molar-refractivity contribution in [1.29, 1.82) is 0 Å². The first-order chi connectivity index (χ1) is 12.3. The van der Waals surface area contributed by atoms with Gasteiger partial charge < -0.3 is 14.4 Å². The lowest BCUT2D eigenvalue weighted by molar-refractivity contribution is 0.0304. The van der Waals surface area contributed by atoms with E-state index in [2.05, 4.69) is 4.98 Å². The summed E-state index contributed by atoms with van der Waals surface area (Å²) >= 11 is 0. The van der Waals surface area contributed by atoms with Crippen LogP contribution in [0.4, 0.5) is 0 Å². The van der Waals surface area contributed by atoms with E-state index >= 15 is 0 Å². The van der Waals surface area contributed by atoms with E-state index in [4.69, 9.17) is 9.47 Å². The number of nitrogens with zero attached hydrogens (tertiary/aromatic N) is 2. The first-order valence-electron chi connectivity index (χ1n) is 9.18. The normalized spacial score (nSPS) is 23.2. The maximum Gasteiger partial charge on any atom is 0.272 e. The number of hydrogen-bond acceptors (Lipinski definition) is 4. The standard InChI is InChI=1S/C20H24N2O3/c23-20(19-10-9-15-5-1-2-8-18(15)21-19)22(13-16-6-3-11-24-16)14-17-7-4-12-25-17/h1-2,5,8-10,16-17H,3-4,6-7,11-14H2/t16-,17-/m0/s1. The van der Waals surface area contributed by atoms with E-state index in [-0.39, 0.29) is 18.1 Å². The largest absolute Gasteiger partial charge is 0.376 e. The van der Waals surface area contributed by atoms with Gasteiger partial charge in [0, 0.05) is 31.7 Å². The van der Waals surface area contributed by atoms with Crippen molar-refractivity contribution in [2.75, 3.05) is 26.3 Å². The Morgan fingerprint density at radius 1 is 1.00 bits per heavy atom. The maximum atomic E-state index is 13.1. The fourth-order valence-corrected chi connectivity index (χ4v) is 3.66. The van der Waals surface area contributed by atoms with E-state index in [0.29, 0.717) is 18.8 Å². The van der Waals surface area contributed by atoms with E-state index in [1.165, 1.54) is 0 Å². The third-order valence-electron chi connectivity index (χ3n) is 5.00. The number of hydrogen-bond donors (Lipinski definition) is 0. The number of fused-ring (bicyclic) bond motifs is 1. The molecule has 5 heteroatoms. The molecule has 2 saturated heterocycles. The van der Waals surface area contributed by atoms with Gasteiger partial charge in [-0.1, -0.05) is 24.3 Å². The number of benzene rings is 1. The van der Waals surface area contributed by atoms with Gasteiger partial charge in [-0.25, -0.2) is 4.98 Å². The second-order valence-electron chi connectivity index (χ2n) is 6.87. The van der Waals surface area contributed by atoms with E-state index < -0.39 is 0 Å². The lowest BCUT2D eigenvalue weighted by Crippen LogP contribution is -2.42. The topological polar surface area (TPSA) is 51.7 Å². The van der Waals surface area contributed by atoms with Gasteiger partial charge >= 0.3 is 0 Å². The average molecular weight is 340 g/mol. The zero-order valence-corrected chi connectivity index (χ0v) is 14.4. The minimum absolute atomic E-state index is 0.0308. The molecule has 0 spiro atoms. The van der Waals surface area contributed by atoms with Crippen molar-refractivity contribution in [2.45, 2.75) is 37.9 Å². The molecule has 1 amide bonds. The quantitative estimate of drug-likeness (QED) is 0.839. The van der Waals surface area contributed by atoms with Crippen molar-refractivity contribution < 1.29 is 14.3 Å². The monoisotopic (exact) mass is 340 g/mol. The van der Waals surface area contributed by atoms with E-state index in [0.717, 1.165) is 49.8 Å². The predicted molar refractivity (Wildman–Crippen MR) is 95.6 cm³/mol. The van der Waals surface area contributed by atoms with Crippen LogP contribution in [0.15, 0.2) is 36.4 Å². The van der Waals surface area contributed by atoms with Gasteiger partial charge in [0.25, 0.3) is 5.91 Å². The van der Waals surface area contributed by atoms with Crippen LogP contribution < -0.4 is 0 Å². The summed E-state index contributed by atoms with van der Waals surface area (Å²) in [4.78, 5) is 19.6. The molecule has 2 aliphatic heterocycles. The summed E-state index contributed by atoms with van der Waals surface area (Å²) in [5.74, 6) is -0.0308. The van der Waals surface area contributed by atoms with E-state index in [9.17, 15) is 4.79 Å². The van der Waals surface area contributed by atoms with Gasteiger partial charge in [0.1, 0.15) is 5.69 Å². The highest BCUT2D eigenvalue weighted by Gasteiger charge is 2.28. The summed E-state index contributed by atoms with van der Waals surface area (Å²) in [5, 5.41) is 1.05. The van der Waals surface area contributed by atoms with Crippen molar-refractivity contribution in [2.24, 2.45) is 0 Å². The molecule has 2 aromatic rings. The summed E-state index contributed by atoms with van der Waals surface area (Å²) in [7, 11) is 0. The van der Waals surface area contributed by atoms with Crippen molar-refractivity contribution in [1.82, 2.24) is 9.88 Å². The molecule has 2 fully saturated rings. The molecule has 3 heterocycles. The molecule has 0 radical (unpaired) electrons. The Bertz CT molecular complexity index is 719. The van der Waals surface area contributed by atoms with Crippen LogP contribution in [0.25, 0.3) is 10.9 Å². The Hall–Kier alpha value is -1.98. The molecule has 2 atom stereocenters. The molecular weight excluding hydrogens is 316 g/mol. The second kappa shape index (κ2) is 7.50. The molecule has 0 saturated carbocycles. The van der Waals surface area contributed by atoms with Gasteiger partial charge in [-0.3, -0.25) is 4.79 Å². The van der Waals surface area contributed by atoms with Crippen LogP contribution in [0.5, 0.6) is 0 Å². The molecule has 2 aliphatic rings. The number of carbonyl (C=O) groups is 1. The summed E-state index contributed by atoms with van der Waals surface area (Å²) in [6, 6.07) is 11.7. The minimum Gasteiger partial charge on any atom is -0.376 e. The van der Waals surface area contributed by atoms with Gasteiger partial charge in [0.2, 0.25) is 0 Å². The fraction of sp³-hybridized carbons (Fsp3) is 0.500. The number of carbonyl (C=O) groups excluding carboxylic acids is 1. The van der Waals surface area contributed by atoms with Gasteiger partial charge in [-0.05, 0) is 37.8 Å². The Balaban J connectivity index is 1.55. The molecule has 132 valence electrons. The first kappa shape index (κ1) is 16.5. The molecule has 0 bridgehead atoms. The fourth-order valence-electron chi connectivity index (χ4n) is 3.66. The number of amides is 1. The maximum absolute atomic E-state index is 13.1. The van der Waals surface area contributed by atoms with Gasteiger partial charge in [-0.2, -0.15) is 0 Å². The van der Waals surface area contributed by atoms with Crippen LogP contribution in [-0.4, -0.2) is 54.3 Å². The average Bonchev–Trinajstić information content (AvgIpc) is 3.34. The zero-order valence-electron chi connectivity index (χ0n) is 14.4. The van der Waals surface area contributed by atoms with Crippen molar-refractivity contribution in [3.63, 3.8) is 0 Å². The van der Waals surface area contributed by atoms with Gasteiger partial charge in [0.15, 0.2) is 0 Å². The van der Waals surface area contributed by atoms with Crippen LogP contribution in [0.3, 0.4) is 0 Å². The molecule has 5 nitrogen and oxygen atoms in total. The molecule has 0 aliphatic carbocycles. The highest BCUT2D eigenvalue weighted by atomic mass is 16.5. The van der Waals surface area contributed by atoms with Crippen LogP contribution >= 0.6 is 0 Å². The van der Waals surface area contributed by atoms with Crippen molar-refractivity contribution in [3.8, 4) is 0 Å². The lowest BCUT2D eigenvalue weighted by Gasteiger charge is -2.27. The van der Waals surface area contributed by atoms with Gasteiger partial charge in [-0.15, -0.1) is 0 Å². The molecule has 0 N–H and O–H groups in total. The lowest BCUT2D eigenvalue weighted by atomic mass is 10.1. The highest BCUT2D eigenvalue weighted by Crippen LogP contribution is 2.19. The molecular formula is C20H24N2O3. The van der Waals surface area contributed by atoms with Gasteiger partial charge in [0.05, 0.1) is 17.7 Å². The molecule has 25 heavy (non-hydrogen) atoms. The Kier molecular flexibility index (Phi) is 4.95. The molecule has 1 aromatic heterocycles.